The van der Waals surface area contributed by atoms with Crippen molar-refractivity contribution in [2.24, 2.45) is 5.92 Å². The largest absolute Gasteiger partial charge is 0.481 e. The lowest BCUT2D eigenvalue weighted by Gasteiger charge is -2.27. The Kier molecular flexibility index (Phi) is 5.21. The molecule has 20 heavy (non-hydrogen) atoms. The summed E-state index contributed by atoms with van der Waals surface area (Å²) in [4.78, 5) is 24.1. The highest BCUT2D eigenvalue weighted by Gasteiger charge is 2.28. The van der Waals surface area contributed by atoms with Crippen LogP contribution in [0.1, 0.15) is 43.4 Å². The summed E-state index contributed by atoms with van der Waals surface area (Å²) >= 11 is 4.97. The summed E-state index contributed by atoms with van der Waals surface area (Å²) in [5.41, 5.74) is 0. The van der Waals surface area contributed by atoms with Gasteiger partial charge in [-0.1, -0.05) is 0 Å². The minimum atomic E-state index is -0.716. The number of hydrogen-bond donors (Lipinski definition) is 2. The maximum absolute atomic E-state index is 12.2. The van der Waals surface area contributed by atoms with E-state index < -0.39 is 5.97 Å². The number of carboxylic acid groups (broad SMARTS) is 1. The fourth-order valence-corrected chi connectivity index (χ4v) is 3.98. The Morgan fingerprint density at radius 2 is 2.00 bits per heavy atom. The monoisotopic (exact) mass is 359 g/mol. The molecule has 1 aliphatic rings. The third-order valence-corrected chi connectivity index (χ3v) is 5.64. The first-order chi connectivity index (χ1) is 9.47. The highest BCUT2D eigenvalue weighted by molar-refractivity contribution is 9.11. The number of amides is 1. The van der Waals surface area contributed by atoms with E-state index in [1.54, 1.807) is 11.3 Å². The van der Waals surface area contributed by atoms with Gasteiger partial charge in [-0.2, -0.15) is 0 Å². The van der Waals surface area contributed by atoms with E-state index in [0.717, 1.165) is 21.5 Å². The number of rotatable bonds is 4. The molecule has 0 bridgehead atoms. The molecule has 1 aromatic heterocycles. The van der Waals surface area contributed by atoms with Crippen LogP contribution in [0.3, 0.4) is 0 Å². The zero-order valence-electron chi connectivity index (χ0n) is 11.3. The van der Waals surface area contributed by atoms with E-state index in [1.165, 1.54) is 0 Å². The Labute approximate surface area is 130 Å². The molecule has 2 N–H and O–H groups in total. The summed E-state index contributed by atoms with van der Waals surface area (Å²) in [6.07, 6.45) is 2.81. The molecule has 1 unspecified atom stereocenters. The molecule has 110 valence electrons. The van der Waals surface area contributed by atoms with Gasteiger partial charge in [-0.15, -0.1) is 11.3 Å². The van der Waals surface area contributed by atoms with Crippen molar-refractivity contribution in [3.05, 3.63) is 20.8 Å². The van der Waals surface area contributed by atoms with Gasteiger partial charge >= 0.3 is 5.97 Å². The molecule has 0 spiro atoms. The first-order valence-corrected chi connectivity index (χ1v) is 8.36. The van der Waals surface area contributed by atoms with Crippen molar-refractivity contribution in [1.82, 2.24) is 5.32 Å². The lowest BCUT2D eigenvalue weighted by atomic mass is 9.86. The summed E-state index contributed by atoms with van der Waals surface area (Å²) in [6, 6.07) is 4.02. The zero-order chi connectivity index (χ0) is 14.7. The van der Waals surface area contributed by atoms with E-state index in [2.05, 4.69) is 21.2 Å². The maximum atomic E-state index is 12.2. The lowest BCUT2D eigenvalue weighted by molar-refractivity contribution is -0.142. The minimum Gasteiger partial charge on any atom is -0.481 e. The molecule has 0 saturated heterocycles. The summed E-state index contributed by atoms with van der Waals surface area (Å²) < 4.78 is 1.02. The number of carbonyl (C=O) groups excluding carboxylic acids is 1. The predicted octanol–water partition coefficient (Wildman–Crippen LogP) is 3.37. The Morgan fingerprint density at radius 3 is 2.50 bits per heavy atom. The van der Waals surface area contributed by atoms with Crippen molar-refractivity contribution in [2.75, 3.05) is 0 Å². The first-order valence-electron chi connectivity index (χ1n) is 6.75. The van der Waals surface area contributed by atoms with Gasteiger partial charge in [-0.25, -0.2) is 0 Å². The molecule has 1 heterocycles. The van der Waals surface area contributed by atoms with E-state index in [-0.39, 0.29) is 23.8 Å². The second-order valence-electron chi connectivity index (χ2n) is 5.26. The number of carbonyl (C=O) groups is 2. The van der Waals surface area contributed by atoms with E-state index in [4.69, 9.17) is 5.11 Å². The van der Waals surface area contributed by atoms with Crippen molar-refractivity contribution in [3.8, 4) is 0 Å². The van der Waals surface area contributed by atoms with Crippen molar-refractivity contribution in [1.29, 1.82) is 0 Å². The van der Waals surface area contributed by atoms with Gasteiger partial charge < -0.3 is 10.4 Å². The maximum Gasteiger partial charge on any atom is 0.306 e. The van der Waals surface area contributed by atoms with Gasteiger partial charge in [0, 0.05) is 10.9 Å². The van der Waals surface area contributed by atoms with Gasteiger partial charge in [0.05, 0.1) is 15.6 Å². The third kappa shape index (κ3) is 3.82. The summed E-state index contributed by atoms with van der Waals surface area (Å²) in [7, 11) is 0. The Balaban J connectivity index is 1.85. The third-order valence-electron chi connectivity index (χ3n) is 3.84. The van der Waals surface area contributed by atoms with Crippen molar-refractivity contribution in [3.63, 3.8) is 0 Å². The summed E-state index contributed by atoms with van der Waals surface area (Å²) in [6.45, 7) is 1.90. The molecule has 1 aromatic rings. The molecule has 0 aromatic carbocycles. The topological polar surface area (TPSA) is 66.4 Å². The standard InChI is InChI=1S/C14H18BrNO3S/c1-8(11-6-7-12(15)20-11)13(17)16-10-4-2-9(3-5-10)14(18)19/h6-10H,2-5H2,1H3,(H,16,17)(H,18,19). The summed E-state index contributed by atoms with van der Waals surface area (Å²) in [5.74, 6) is -1.10. The average molecular weight is 360 g/mol. The van der Waals surface area contributed by atoms with Crippen LogP contribution in [-0.4, -0.2) is 23.0 Å². The molecule has 2 rings (SSSR count). The van der Waals surface area contributed by atoms with Crippen LogP contribution in [0.4, 0.5) is 0 Å². The smallest absolute Gasteiger partial charge is 0.306 e. The summed E-state index contributed by atoms with van der Waals surface area (Å²) in [5, 5.41) is 12.0. The lowest BCUT2D eigenvalue weighted by Crippen LogP contribution is -2.40. The van der Waals surface area contributed by atoms with Crippen LogP contribution in [0.15, 0.2) is 15.9 Å². The van der Waals surface area contributed by atoms with Crippen molar-refractivity contribution >= 4 is 39.1 Å². The van der Waals surface area contributed by atoms with Gasteiger partial charge in [-0.05, 0) is 60.7 Å². The van der Waals surface area contributed by atoms with Crippen LogP contribution in [0.2, 0.25) is 0 Å². The van der Waals surface area contributed by atoms with Gasteiger partial charge in [0.15, 0.2) is 0 Å². The van der Waals surface area contributed by atoms with Gasteiger partial charge in [-0.3, -0.25) is 9.59 Å². The molecular formula is C14H18BrNO3S. The number of thiophene rings is 1. The molecule has 4 nitrogen and oxygen atoms in total. The van der Waals surface area contributed by atoms with Crippen LogP contribution in [0, 0.1) is 5.92 Å². The molecule has 1 amide bonds. The van der Waals surface area contributed by atoms with Gasteiger partial charge in [0.2, 0.25) is 5.91 Å². The van der Waals surface area contributed by atoms with Gasteiger partial charge in [0.1, 0.15) is 0 Å². The van der Waals surface area contributed by atoms with Crippen LogP contribution in [0.25, 0.3) is 0 Å². The minimum absolute atomic E-state index is 0.0260. The second-order valence-corrected chi connectivity index (χ2v) is 7.75. The first kappa shape index (κ1) is 15.5. The van der Waals surface area contributed by atoms with E-state index in [1.807, 2.05) is 19.1 Å². The zero-order valence-corrected chi connectivity index (χ0v) is 13.7. The Bertz CT molecular complexity index is 494. The second kappa shape index (κ2) is 6.72. The molecule has 1 saturated carbocycles. The average Bonchev–Trinajstić information content (AvgIpc) is 2.85. The predicted molar refractivity (Wildman–Crippen MR) is 82.0 cm³/mol. The highest BCUT2D eigenvalue weighted by Crippen LogP contribution is 2.29. The fraction of sp³-hybridized carbons (Fsp3) is 0.571. The quantitative estimate of drug-likeness (QED) is 0.865. The molecule has 1 aliphatic carbocycles. The van der Waals surface area contributed by atoms with E-state index in [9.17, 15) is 9.59 Å². The van der Waals surface area contributed by atoms with Crippen LogP contribution in [-0.2, 0) is 9.59 Å². The molecule has 1 atom stereocenters. The molecule has 0 radical (unpaired) electrons. The SMILES string of the molecule is CC(C(=O)NC1CCC(C(=O)O)CC1)c1ccc(Br)s1. The number of carboxylic acids is 1. The number of halogens is 1. The van der Waals surface area contributed by atoms with E-state index >= 15 is 0 Å². The normalized spacial score (nSPS) is 24.1. The Hall–Kier alpha value is -0.880. The van der Waals surface area contributed by atoms with Crippen LogP contribution < -0.4 is 5.32 Å². The van der Waals surface area contributed by atoms with Crippen molar-refractivity contribution < 1.29 is 14.7 Å². The number of aliphatic carboxylic acids is 1. The molecular weight excluding hydrogens is 342 g/mol. The van der Waals surface area contributed by atoms with Crippen LogP contribution in [0.5, 0.6) is 0 Å². The molecule has 6 heteroatoms. The van der Waals surface area contributed by atoms with Gasteiger partial charge in [0.25, 0.3) is 0 Å². The fourth-order valence-electron chi connectivity index (χ4n) is 2.50. The van der Waals surface area contributed by atoms with E-state index in [0.29, 0.717) is 12.8 Å². The molecule has 0 aliphatic heterocycles. The van der Waals surface area contributed by atoms with Crippen molar-refractivity contribution in [2.45, 2.75) is 44.6 Å². The number of nitrogens with one attached hydrogen (secondary N) is 1. The van der Waals surface area contributed by atoms with Crippen LogP contribution >= 0.6 is 27.3 Å². The number of hydrogen-bond acceptors (Lipinski definition) is 3. The highest BCUT2D eigenvalue weighted by atomic mass is 79.9. The molecule has 1 fully saturated rings. The Morgan fingerprint density at radius 1 is 1.35 bits per heavy atom.